The van der Waals surface area contributed by atoms with Crippen molar-refractivity contribution in [3.8, 4) is 0 Å². The highest BCUT2D eigenvalue weighted by Gasteiger charge is 2.50. The van der Waals surface area contributed by atoms with Crippen molar-refractivity contribution < 1.29 is 58.2 Å². The number of aliphatic hydroxyl groups excluding tert-OH is 2. The maximum Gasteiger partial charge on any atom is 0.335 e. The summed E-state index contributed by atoms with van der Waals surface area (Å²) in [7, 11) is 0. The van der Waals surface area contributed by atoms with Gasteiger partial charge in [-0.05, 0) is 83.5 Å². The number of unbranched alkanes of at least 4 members (excludes halogenated alkanes) is 20. The van der Waals surface area contributed by atoms with Crippen molar-refractivity contribution in [3.05, 3.63) is 97.2 Å². The first-order valence-corrected chi connectivity index (χ1v) is 30.2. The molecule has 1 aliphatic heterocycles. The van der Waals surface area contributed by atoms with E-state index in [-0.39, 0.29) is 25.9 Å². The van der Waals surface area contributed by atoms with Gasteiger partial charge >= 0.3 is 23.9 Å². The largest absolute Gasteiger partial charge is 0.479 e. The van der Waals surface area contributed by atoms with Gasteiger partial charge in [0.1, 0.15) is 18.8 Å². The number of aliphatic hydroxyl groups is 2. The van der Waals surface area contributed by atoms with Crippen LogP contribution >= 0.6 is 0 Å². The number of allylic oxidation sites excluding steroid dienone is 16. The normalized spacial score (nSPS) is 18.7. The second-order valence-electron chi connectivity index (χ2n) is 20.2. The van der Waals surface area contributed by atoms with E-state index in [1.54, 1.807) is 0 Å². The van der Waals surface area contributed by atoms with Crippen LogP contribution in [0.4, 0.5) is 0 Å². The number of carbonyl (C=O) groups is 4. The molecule has 1 aliphatic rings. The topological polar surface area (TPSA) is 175 Å². The molecule has 0 aromatic heterocycles. The third-order valence-electron chi connectivity index (χ3n) is 13.2. The molecular weight excluding hydrogens is 973 g/mol. The van der Waals surface area contributed by atoms with E-state index in [0.717, 1.165) is 89.9 Å². The minimum absolute atomic E-state index is 0.0660. The van der Waals surface area contributed by atoms with Crippen molar-refractivity contribution in [2.45, 2.75) is 276 Å². The molecule has 3 N–H and O–H groups in total. The standard InChI is InChI=1S/C65H106O12/c1-4-7-10-13-16-19-22-25-27-29-31-34-36-39-42-45-48-51-57(66)73-54-56(75-58(67)52-49-46-43-40-38-35-32-30-28-26-23-20-17-14-11-8-5-2)55-74-65-63(61(70)60(69)62(77-65)64(71)72)76-59(68)53-50-47-44-41-37-33-24-21-18-15-12-9-6-3/h7,9-10,12,16,18-19,21,25,27,31,33-34,37,44,47,56,60-63,65,69-70H,4-6,8,11,13-15,17,20,22-24,26,28-30,32,35-36,38-43,45-46,48-55H2,1-3H3,(H,71,72)/b10-7-,12-9-,19-16-,21-18-,27-25-,34-31-,37-33-,47-44-. The van der Waals surface area contributed by atoms with Gasteiger partial charge in [-0.25, -0.2) is 4.79 Å². The Balaban J connectivity index is 2.73. The second kappa shape index (κ2) is 52.3. The number of carbonyl (C=O) groups excluding carboxylic acids is 3. The number of rotatable bonds is 50. The van der Waals surface area contributed by atoms with Crippen molar-refractivity contribution in [3.63, 3.8) is 0 Å². The molecule has 438 valence electrons. The van der Waals surface area contributed by atoms with E-state index in [4.69, 9.17) is 23.7 Å². The van der Waals surface area contributed by atoms with Gasteiger partial charge in [-0.2, -0.15) is 0 Å². The fourth-order valence-corrected chi connectivity index (χ4v) is 8.61. The summed E-state index contributed by atoms with van der Waals surface area (Å²) in [4.78, 5) is 51.1. The van der Waals surface area contributed by atoms with Crippen molar-refractivity contribution in [2.24, 2.45) is 0 Å². The summed E-state index contributed by atoms with van der Waals surface area (Å²) < 4.78 is 28.3. The molecule has 0 saturated carbocycles. The number of carboxylic acids is 1. The van der Waals surface area contributed by atoms with Crippen molar-refractivity contribution in [1.29, 1.82) is 0 Å². The van der Waals surface area contributed by atoms with Crippen LogP contribution in [0.15, 0.2) is 97.2 Å². The minimum atomic E-state index is -1.93. The number of ether oxygens (including phenoxy) is 5. The van der Waals surface area contributed by atoms with Crippen molar-refractivity contribution >= 4 is 23.9 Å². The maximum absolute atomic E-state index is 13.2. The average Bonchev–Trinajstić information content (AvgIpc) is 3.42. The summed E-state index contributed by atoms with van der Waals surface area (Å²) in [5.74, 6) is -3.26. The molecule has 6 unspecified atom stereocenters. The predicted octanol–water partition coefficient (Wildman–Crippen LogP) is 15.7. The number of aliphatic carboxylic acids is 1. The van der Waals surface area contributed by atoms with Gasteiger partial charge in [0, 0.05) is 19.3 Å². The first kappa shape index (κ1) is 70.7. The molecule has 6 atom stereocenters. The molecule has 0 aromatic carbocycles. The molecule has 1 rings (SSSR count). The lowest BCUT2D eigenvalue weighted by Gasteiger charge is -2.40. The van der Waals surface area contributed by atoms with Crippen LogP contribution < -0.4 is 0 Å². The first-order valence-electron chi connectivity index (χ1n) is 30.2. The summed E-state index contributed by atoms with van der Waals surface area (Å²) in [5, 5.41) is 31.5. The quantitative estimate of drug-likeness (QED) is 0.0228. The van der Waals surface area contributed by atoms with E-state index in [9.17, 15) is 34.5 Å². The van der Waals surface area contributed by atoms with Crippen LogP contribution in [0.3, 0.4) is 0 Å². The van der Waals surface area contributed by atoms with Crippen LogP contribution in [-0.2, 0) is 42.9 Å². The van der Waals surface area contributed by atoms with Crippen LogP contribution in [0.1, 0.15) is 239 Å². The molecule has 1 heterocycles. The Labute approximate surface area is 466 Å². The zero-order chi connectivity index (χ0) is 56.1. The summed E-state index contributed by atoms with van der Waals surface area (Å²) >= 11 is 0. The molecule has 12 heteroatoms. The third kappa shape index (κ3) is 42.3. The molecule has 0 aromatic rings. The number of carboxylic acid groups (broad SMARTS) is 1. The molecule has 0 amide bonds. The van der Waals surface area contributed by atoms with Gasteiger partial charge in [-0.3, -0.25) is 14.4 Å². The lowest BCUT2D eigenvalue weighted by Crippen LogP contribution is -2.61. The first-order chi connectivity index (χ1) is 37.6. The van der Waals surface area contributed by atoms with Gasteiger partial charge < -0.3 is 39.0 Å². The fourth-order valence-electron chi connectivity index (χ4n) is 8.61. The Hall–Kier alpha value is -4.36. The van der Waals surface area contributed by atoms with E-state index in [1.165, 1.54) is 83.5 Å². The predicted molar refractivity (Wildman–Crippen MR) is 312 cm³/mol. The highest BCUT2D eigenvalue weighted by atomic mass is 16.7. The summed E-state index contributed by atoms with van der Waals surface area (Å²) in [6.45, 7) is 5.72. The summed E-state index contributed by atoms with van der Waals surface area (Å²) in [5.41, 5.74) is 0. The molecule has 12 nitrogen and oxygen atoms in total. The van der Waals surface area contributed by atoms with E-state index < -0.39 is 67.3 Å². The highest BCUT2D eigenvalue weighted by molar-refractivity contribution is 5.74. The van der Waals surface area contributed by atoms with Crippen molar-refractivity contribution in [2.75, 3.05) is 13.2 Å². The zero-order valence-electron chi connectivity index (χ0n) is 48.2. The lowest BCUT2D eigenvalue weighted by molar-refractivity contribution is -0.301. The smallest absolute Gasteiger partial charge is 0.335 e. The molecule has 0 spiro atoms. The van der Waals surface area contributed by atoms with Crippen molar-refractivity contribution in [1.82, 2.24) is 0 Å². The molecular formula is C65H106O12. The van der Waals surface area contributed by atoms with Gasteiger partial charge in [0.2, 0.25) is 0 Å². The zero-order valence-corrected chi connectivity index (χ0v) is 48.2. The van der Waals surface area contributed by atoms with Gasteiger partial charge in [-0.1, -0.05) is 234 Å². The van der Waals surface area contributed by atoms with Crippen LogP contribution in [-0.4, -0.2) is 89.2 Å². The number of hydrogen-bond acceptors (Lipinski definition) is 11. The van der Waals surface area contributed by atoms with E-state index in [1.807, 2.05) is 18.2 Å². The molecule has 77 heavy (non-hydrogen) atoms. The fraction of sp³-hybridized carbons (Fsp3) is 0.692. The molecule has 0 radical (unpaired) electrons. The lowest BCUT2D eigenvalue weighted by atomic mass is 9.98. The van der Waals surface area contributed by atoms with Gasteiger partial charge in [0.05, 0.1) is 6.61 Å². The van der Waals surface area contributed by atoms with E-state index >= 15 is 0 Å². The Bertz CT molecular complexity index is 1710. The molecule has 1 fully saturated rings. The second-order valence-corrected chi connectivity index (χ2v) is 20.2. The Morgan fingerprint density at radius 3 is 1.30 bits per heavy atom. The van der Waals surface area contributed by atoms with Gasteiger partial charge in [-0.15, -0.1) is 0 Å². The Morgan fingerprint density at radius 2 is 0.844 bits per heavy atom. The Morgan fingerprint density at radius 1 is 0.442 bits per heavy atom. The summed E-state index contributed by atoms with van der Waals surface area (Å²) in [6, 6.07) is 0. The SMILES string of the molecule is CC/C=C\C/C=C\C/C=C\C/C=C\CCCCCCC(=O)OCC(COC1OC(C(=O)O)C(O)C(O)C1OC(=O)CC/C=C\C/C=C\C/C=C\C/C=C\CC)OC(=O)CCCCCCCCCCCCCCCCCCC. The average molecular weight is 1080 g/mol. The highest BCUT2D eigenvalue weighted by Crippen LogP contribution is 2.26. The van der Waals surface area contributed by atoms with E-state index in [2.05, 4.69) is 99.8 Å². The number of esters is 3. The van der Waals surface area contributed by atoms with E-state index in [0.29, 0.717) is 25.7 Å². The molecule has 0 aliphatic carbocycles. The summed E-state index contributed by atoms with van der Waals surface area (Å²) in [6.07, 6.45) is 56.8. The molecule has 0 bridgehead atoms. The molecule has 1 saturated heterocycles. The van der Waals surface area contributed by atoms with Gasteiger partial charge in [0.15, 0.2) is 24.6 Å². The Kier molecular flexibility index (Phi) is 48.0. The maximum atomic E-state index is 13.2. The van der Waals surface area contributed by atoms with Crippen LogP contribution in [0.2, 0.25) is 0 Å². The van der Waals surface area contributed by atoms with Gasteiger partial charge in [0.25, 0.3) is 0 Å². The third-order valence-corrected chi connectivity index (χ3v) is 13.2. The minimum Gasteiger partial charge on any atom is -0.479 e. The van der Waals surface area contributed by atoms with Crippen LogP contribution in [0.25, 0.3) is 0 Å². The monoisotopic (exact) mass is 1080 g/mol. The van der Waals surface area contributed by atoms with Crippen LogP contribution in [0.5, 0.6) is 0 Å². The number of hydrogen-bond donors (Lipinski definition) is 3. The van der Waals surface area contributed by atoms with Crippen LogP contribution in [0, 0.1) is 0 Å².